The van der Waals surface area contributed by atoms with Gasteiger partial charge in [0.15, 0.2) is 0 Å². The van der Waals surface area contributed by atoms with Gasteiger partial charge < -0.3 is 4.74 Å². The third-order valence-electron chi connectivity index (χ3n) is 3.21. The van der Waals surface area contributed by atoms with Gasteiger partial charge in [0.1, 0.15) is 11.6 Å². The quantitative estimate of drug-likeness (QED) is 0.602. The number of ether oxygens (including phenoxy) is 1. The zero-order valence-corrected chi connectivity index (χ0v) is 12.8. The van der Waals surface area contributed by atoms with Gasteiger partial charge in [-0.05, 0) is 24.1 Å². The van der Waals surface area contributed by atoms with Crippen molar-refractivity contribution in [3.63, 3.8) is 0 Å². The highest BCUT2D eigenvalue weighted by Gasteiger charge is 2.34. The summed E-state index contributed by atoms with van der Waals surface area (Å²) in [6.07, 6.45) is 0. The van der Waals surface area contributed by atoms with Gasteiger partial charge in [-0.1, -0.05) is 48.5 Å². The summed E-state index contributed by atoms with van der Waals surface area (Å²) in [5, 5.41) is 0. The molecular weight excluding hydrogens is 227 g/mol. The summed E-state index contributed by atoms with van der Waals surface area (Å²) in [5.41, 5.74) is 1.07. The predicted molar refractivity (Wildman–Crippen MR) is 76.8 cm³/mol. The van der Waals surface area contributed by atoms with Crippen LogP contribution in [0.1, 0.15) is 59.9 Å². The number of hydrogen-bond donors (Lipinski definition) is 0. The fraction of sp³-hybridized carbons (Fsp3) is 0.625. The van der Waals surface area contributed by atoms with Crippen molar-refractivity contribution in [3.8, 4) is 5.75 Å². The average molecular weight is 254 g/mol. The lowest BCUT2D eigenvalue weighted by Crippen LogP contribution is -2.32. The molecule has 1 atom stereocenters. The van der Waals surface area contributed by atoms with Crippen LogP contribution >= 0.6 is 0 Å². The second-order valence-corrected chi connectivity index (χ2v) is 4.68. The molecule has 0 saturated carbocycles. The van der Waals surface area contributed by atoms with E-state index in [0.717, 1.165) is 11.3 Å². The monoisotopic (exact) mass is 254 g/mol. The SMILES string of the molecule is CC.CC.CC1c2cc(F)ccc2OCC1(C)C. The van der Waals surface area contributed by atoms with Crippen LogP contribution in [-0.4, -0.2) is 6.61 Å². The van der Waals surface area contributed by atoms with Crippen molar-refractivity contribution in [1.29, 1.82) is 0 Å². The van der Waals surface area contributed by atoms with Crippen LogP contribution in [0.3, 0.4) is 0 Å². The predicted octanol–water partition coefficient (Wildman–Crippen LogP) is 5.40. The van der Waals surface area contributed by atoms with E-state index in [9.17, 15) is 4.39 Å². The first-order chi connectivity index (χ1) is 8.50. The van der Waals surface area contributed by atoms with Crippen molar-refractivity contribution < 1.29 is 9.13 Å². The molecule has 0 aromatic heterocycles. The van der Waals surface area contributed by atoms with Gasteiger partial charge in [-0.25, -0.2) is 4.39 Å². The molecule has 0 saturated heterocycles. The first kappa shape index (κ1) is 16.9. The highest BCUT2D eigenvalue weighted by molar-refractivity contribution is 5.39. The van der Waals surface area contributed by atoms with Gasteiger partial charge in [-0.2, -0.15) is 0 Å². The van der Waals surface area contributed by atoms with E-state index in [0.29, 0.717) is 12.5 Å². The highest BCUT2D eigenvalue weighted by Crippen LogP contribution is 2.43. The van der Waals surface area contributed by atoms with Crippen molar-refractivity contribution >= 4 is 0 Å². The minimum Gasteiger partial charge on any atom is -0.493 e. The van der Waals surface area contributed by atoms with Gasteiger partial charge in [0.05, 0.1) is 6.61 Å². The first-order valence-corrected chi connectivity index (χ1v) is 6.93. The Kier molecular flexibility index (Phi) is 6.97. The van der Waals surface area contributed by atoms with Crippen molar-refractivity contribution in [2.24, 2.45) is 5.41 Å². The third kappa shape index (κ3) is 3.72. The lowest BCUT2D eigenvalue weighted by Gasteiger charge is -2.37. The second-order valence-electron chi connectivity index (χ2n) is 4.68. The largest absolute Gasteiger partial charge is 0.493 e. The topological polar surface area (TPSA) is 9.23 Å². The van der Waals surface area contributed by atoms with Gasteiger partial charge in [-0.3, -0.25) is 0 Å². The molecule has 0 amide bonds. The van der Waals surface area contributed by atoms with Gasteiger partial charge >= 0.3 is 0 Å². The minimum atomic E-state index is -0.183. The smallest absolute Gasteiger partial charge is 0.123 e. The summed E-state index contributed by atoms with van der Waals surface area (Å²) < 4.78 is 18.7. The molecule has 1 aromatic carbocycles. The van der Waals surface area contributed by atoms with Crippen LogP contribution in [0, 0.1) is 11.2 Å². The molecule has 0 N–H and O–H groups in total. The number of hydrogen-bond acceptors (Lipinski definition) is 1. The van der Waals surface area contributed by atoms with Crippen molar-refractivity contribution in [2.75, 3.05) is 6.61 Å². The van der Waals surface area contributed by atoms with Crippen LogP contribution in [0.15, 0.2) is 18.2 Å². The zero-order chi connectivity index (χ0) is 14.3. The van der Waals surface area contributed by atoms with Gasteiger partial charge in [0.2, 0.25) is 0 Å². The van der Waals surface area contributed by atoms with Gasteiger partial charge in [0, 0.05) is 11.0 Å². The van der Waals surface area contributed by atoms with E-state index in [-0.39, 0.29) is 11.2 Å². The van der Waals surface area contributed by atoms with E-state index in [1.54, 1.807) is 12.1 Å². The molecule has 1 heterocycles. The second kappa shape index (κ2) is 7.40. The standard InChI is InChI=1S/C12H15FO.2C2H6/c1-8-10-6-9(13)4-5-11(10)14-7-12(8,2)3;2*1-2/h4-6,8H,7H2,1-3H3;2*1-2H3. The molecular formula is C16H27FO. The van der Waals surface area contributed by atoms with Gasteiger partial charge in [0.25, 0.3) is 0 Å². The maximum absolute atomic E-state index is 13.1. The Bertz CT molecular complexity index is 358. The molecule has 18 heavy (non-hydrogen) atoms. The summed E-state index contributed by atoms with van der Waals surface area (Å²) in [7, 11) is 0. The third-order valence-corrected chi connectivity index (χ3v) is 3.21. The Morgan fingerprint density at radius 1 is 1.17 bits per heavy atom. The normalized spacial score (nSPS) is 19.2. The van der Waals surface area contributed by atoms with E-state index in [2.05, 4.69) is 20.8 Å². The van der Waals surface area contributed by atoms with E-state index in [4.69, 9.17) is 4.74 Å². The van der Waals surface area contributed by atoms with Crippen LogP contribution in [-0.2, 0) is 0 Å². The van der Waals surface area contributed by atoms with Crippen LogP contribution in [0.4, 0.5) is 4.39 Å². The maximum atomic E-state index is 13.1. The first-order valence-electron chi connectivity index (χ1n) is 6.93. The summed E-state index contributed by atoms with van der Waals surface area (Å²) >= 11 is 0. The Balaban J connectivity index is 0.000000659. The van der Waals surface area contributed by atoms with Crippen LogP contribution in [0.2, 0.25) is 0 Å². The lowest BCUT2D eigenvalue weighted by atomic mass is 9.75. The van der Waals surface area contributed by atoms with E-state index < -0.39 is 0 Å². The Hall–Kier alpha value is -1.05. The van der Waals surface area contributed by atoms with Crippen LogP contribution < -0.4 is 4.74 Å². The molecule has 0 spiro atoms. The Morgan fingerprint density at radius 3 is 2.28 bits per heavy atom. The molecule has 104 valence electrons. The maximum Gasteiger partial charge on any atom is 0.123 e. The van der Waals surface area contributed by atoms with Crippen molar-refractivity contribution in [2.45, 2.75) is 54.4 Å². The molecule has 1 unspecified atom stereocenters. The summed E-state index contributed by atoms with van der Waals surface area (Å²) in [4.78, 5) is 0. The molecule has 0 bridgehead atoms. The molecule has 2 rings (SSSR count). The lowest BCUT2D eigenvalue weighted by molar-refractivity contribution is 0.127. The van der Waals surface area contributed by atoms with Crippen molar-refractivity contribution in [1.82, 2.24) is 0 Å². The molecule has 0 fully saturated rings. The molecule has 1 aliphatic rings. The van der Waals surface area contributed by atoms with E-state index >= 15 is 0 Å². The highest BCUT2D eigenvalue weighted by atomic mass is 19.1. The summed E-state index contributed by atoms with van der Waals surface area (Å²) in [6.45, 7) is 15.1. The number of halogens is 1. The molecule has 0 radical (unpaired) electrons. The fourth-order valence-electron chi connectivity index (χ4n) is 1.80. The molecule has 1 aromatic rings. The molecule has 2 heteroatoms. The number of rotatable bonds is 0. The Morgan fingerprint density at radius 2 is 1.72 bits per heavy atom. The van der Waals surface area contributed by atoms with E-state index in [1.165, 1.54) is 6.07 Å². The minimum absolute atomic E-state index is 0.0841. The summed E-state index contributed by atoms with van der Waals surface area (Å²) in [5.74, 6) is 0.983. The number of benzene rings is 1. The van der Waals surface area contributed by atoms with Crippen LogP contribution in [0.25, 0.3) is 0 Å². The van der Waals surface area contributed by atoms with Gasteiger partial charge in [-0.15, -0.1) is 0 Å². The summed E-state index contributed by atoms with van der Waals surface area (Å²) in [6, 6.07) is 4.75. The Labute approximate surface area is 111 Å². The van der Waals surface area contributed by atoms with E-state index in [1.807, 2.05) is 27.7 Å². The molecule has 1 aliphatic heterocycles. The molecule has 0 aliphatic carbocycles. The van der Waals surface area contributed by atoms with Crippen LogP contribution in [0.5, 0.6) is 5.75 Å². The zero-order valence-electron chi connectivity index (χ0n) is 12.8. The number of fused-ring (bicyclic) bond motifs is 1. The van der Waals surface area contributed by atoms with Crippen molar-refractivity contribution in [3.05, 3.63) is 29.6 Å². The average Bonchev–Trinajstić information content (AvgIpc) is 2.40. The molecule has 1 nitrogen and oxygen atoms in total. The fourth-order valence-corrected chi connectivity index (χ4v) is 1.80.